The van der Waals surface area contributed by atoms with E-state index in [4.69, 9.17) is 4.74 Å². The van der Waals surface area contributed by atoms with E-state index < -0.39 is 10.0 Å². The number of hydrogen-bond acceptors (Lipinski definition) is 4. The molecule has 1 aliphatic heterocycles. The van der Waals surface area contributed by atoms with Crippen LogP contribution in [0.5, 0.6) is 5.75 Å². The average Bonchev–Trinajstić information content (AvgIpc) is 3.28. The highest BCUT2D eigenvalue weighted by Crippen LogP contribution is 2.33. The molecule has 1 aliphatic rings. The van der Waals surface area contributed by atoms with Crippen LogP contribution in [0, 0.1) is 0 Å². The van der Waals surface area contributed by atoms with Crippen molar-refractivity contribution in [3.8, 4) is 5.75 Å². The number of aryl methyl sites for hydroxylation is 2. The molecule has 4 rings (SSSR count). The molecule has 3 aromatic carbocycles. The molecule has 0 unspecified atom stereocenters. The van der Waals surface area contributed by atoms with Gasteiger partial charge in [0, 0.05) is 12.2 Å². The molecule has 0 radical (unpaired) electrons. The number of fused-ring (bicyclic) bond motifs is 1. The van der Waals surface area contributed by atoms with Gasteiger partial charge in [0.1, 0.15) is 5.75 Å². The molecule has 0 aromatic heterocycles. The summed E-state index contributed by atoms with van der Waals surface area (Å²) in [5.74, 6) is 0.182. The first-order valence-corrected chi connectivity index (χ1v) is 12.6. The van der Waals surface area contributed by atoms with E-state index in [9.17, 15) is 13.2 Å². The second-order valence-electron chi connectivity index (χ2n) is 7.92. The zero-order valence-corrected chi connectivity index (χ0v) is 19.7. The Morgan fingerprint density at radius 1 is 0.939 bits per heavy atom. The fraction of sp³-hybridized carbons (Fsp3) is 0.269. The summed E-state index contributed by atoms with van der Waals surface area (Å²) in [5.41, 5.74) is 4.78. The van der Waals surface area contributed by atoms with E-state index in [1.807, 2.05) is 42.5 Å². The molecule has 0 saturated heterocycles. The van der Waals surface area contributed by atoms with Crippen molar-refractivity contribution in [2.24, 2.45) is 0 Å². The lowest BCUT2D eigenvalue weighted by Gasteiger charge is -2.19. The molecule has 0 spiro atoms. The van der Waals surface area contributed by atoms with E-state index in [1.54, 1.807) is 12.1 Å². The van der Waals surface area contributed by atoms with Crippen LogP contribution in [-0.2, 0) is 34.1 Å². The second-order valence-corrected chi connectivity index (χ2v) is 9.78. The lowest BCUT2D eigenvalue weighted by atomic mass is 10.0. The summed E-state index contributed by atoms with van der Waals surface area (Å²) in [6.07, 6.45) is 2.34. The predicted molar refractivity (Wildman–Crippen MR) is 130 cm³/mol. The molecule has 6 nitrogen and oxygen atoms in total. The summed E-state index contributed by atoms with van der Waals surface area (Å²) < 4.78 is 33.3. The Morgan fingerprint density at radius 3 is 2.27 bits per heavy atom. The monoisotopic (exact) mass is 464 g/mol. The van der Waals surface area contributed by atoms with Crippen LogP contribution in [-0.4, -0.2) is 27.5 Å². The van der Waals surface area contributed by atoms with Crippen molar-refractivity contribution in [2.45, 2.75) is 38.0 Å². The number of ether oxygens (including phenoxy) is 1. The minimum Gasteiger partial charge on any atom is -0.484 e. The summed E-state index contributed by atoms with van der Waals surface area (Å²) in [6.45, 7) is 4.38. The third kappa shape index (κ3) is 4.73. The predicted octanol–water partition coefficient (Wildman–Crippen LogP) is 4.58. The van der Waals surface area contributed by atoms with Crippen LogP contribution in [0.1, 0.15) is 30.5 Å². The molecule has 0 bridgehead atoms. The summed E-state index contributed by atoms with van der Waals surface area (Å²) in [5, 5.41) is 2.97. The maximum absolute atomic E-state index is 13.1. The number of nitrogens with one attached hydrogen (secondary N) is 1. The standard InChI is InChI=1S/C26H28N2O4S/c1-3-19-9-7-10-20(4-2)26(19)27-25(29)18-32-22-12-14-23(15-13-22)33(30,31)28-17-16-21-8-5-6-11-24(21)28/h5-15H,3-4,16-18H2,1-2H3,(H,27,29). The summed E-state index contributed by atoms with van der Waals surface area (Å²) in [6, 6.07) is 19.8. The number of anilines is 2. The highest BCUT2D eigenvalue weighted by molar-refractivity contribution is 7.92. The highest BCUT2D eigenvalue weighted by Gasteiger charge is 2.30. The molecule has 0 atom stereocenters. The second kappa shape index (κ2) is 9.67. The van der Waals surface area contributed by atoms with Gasteiger partial charge in [0.25, 0.3) is 15.9 Å². The van der Waals surface area contributed by atoms with Gasteiger partial charge in [0.15, 0.2) is 6.61 Å². The molecule has 172 valence electrons. The zero-order valence-electron chi connectivity index (χ0n) is 18.9. The molecule has 1 N–H and O–H groups in total. The number of para-hydroxylation sites is 2. The Balaban J connectivity index is 1.41. The number of carbonyl (C=O) groups is 1. The van der Waals surface area contributed by atoms with Crippen molar-refractivity contribution in [3.63, 3.8) is 0 Å². The third-order valence-corrected chi connectivity index (χ3v) is 7.72. The number of benzene rings is 3. The third-order valence-electron chi connectivity index (χ3n) is 5.89. The molecule has 3 aromatic rings. The van der Waals surface area contributed by atoms with Gasteiger partial charge in [-0.15, -0.1) is 0 Å². The van der Waals surface area contributed by atoms with Gasteiger partial charge >= 0.3 is 0 Å². The molecular weight excluding hydrogens is 436 g/mol. The minimum absolute atomic E-state index is 0.160. The number of rotatable bonds is 8. The first-order chi connectivity index (χ1) is 15.9. The number of hydrogen-bond donors (Lipinski definition) is 1. The van der Waals surface area contributed by atoms with Crippen molar-refractivity contribution in [2.75, 3.05) is 22.8 Å². The SMILES string of the molecule is CCc1cccc(CC)c1NC(=O)COc1ccc(S(=O)(=O)N2CCc3ccccc32)cc1. The van der Waals surface area contributed by atoms with Crippen LogP contribution in [0.4, 0.5) is 11.4 Å². The number of amides is 1. The van der Waals surface area contributed by atoms with Crippen LogP contribution in [0.25, 0.3) is 0 Å². The van der Waals surface area contributed by atoms with Crippen molar-refractivity contribution in [1.29, 1.82) is 0 Å². The Morgan fingerprint density at radius 2 is 1.61 bits per heavy atom. The van der Waals surface area contributed by atoms with E-state index in [-0.39, 0.29) is 17.4 Å². The van der Waals surface area contributed by atoms with Crippen molar-refractivity contribution in [1.82, 2.24) is 0 Å². The van der Waals surface area contributed by atoms with Gasteiger partial charge in [-0.2, -0.15) is 0 Å². The quantitative estimate of drug-likeness (QED) is 0.529. The van der Waals surface area contributed by atoms with Crippen molar-refractivity contribution < 1.29 is 17.9 Å². The topological polar surface area (TPSA) is 75.7 Å². The van der Waals surface area contributed by atoms with Crippen LogP contribution in [0.2, 0.25) is 0 Å². The first kappa shape index (κ1) is 22.9. The smallest absolute Gasteiger partial charge is 0.264 e. The molecule has 7 heteroatoms. The minimum atomic E-state index is -3.66. The number of carbonyl (C=O) groups excluding carboxylic acids is 1. The van der Waals surface area contributed by atoms with Gasteiger partial charge < -0.3 is 10.1 Å². The largest absolute Gasteiger partial charge is 0.484 e. The average molecular weight is 465 g/mol. The van der Waals surface area contributed by atoms with Gasteiger partial charge in [-0.1, -0.05) is 50.2 Å². The van der Waals surface area contributed by atoms with Gasteiger partial charge in [-0.05, 0) is 66.3 Å². The lowest BCUT2D eigenvalue weighted by molar-refractivity contribution is -0.118. The molecule has 0 saturated carbocycles. The molecule has 1 amide bonds. The lowest BCUT2D eigenvalue weighted by Crippen LogP contribution is -2.29. The zero-order chi connectivity index (χ0) is 23.4. The van der Waals surface area contributed by atoms with Gasteiger partial charge in [-0.25, -0.2) is 8.42 Å². The molecular formula is C26H28N2O4S. The maximum Gasteiger partial charge on any atom is 0.264 e. The fourth-order valence-corrected chi connectivity index (χ4v) is 5.62. The van der Waals surface area contributed by atoms with Crippen LogP contribution in [0.15, 0.2) is 71.6 Å². The van der Waals surface area contributed by atoms with E-state index >= 15 is 0 Å². The van der Waals surface area contributed by atoms with E-state index in [0.29, 0.717) is 18.7 Å². The van der Waals surface area contributed by atoms with E-state index in [1.165, 1.54) is 16.4 Å². The molecule has 0 aliphatic carbocycles. The molecule has 33 heavy (non-hydrogen) atoms. The van der Waals surface area contributed by atoms with Crippen LogP contribution >= 0.6 is 0 Å². The summed E-state index contributed by atoms with van der Waals surface area (Å²) in [7, 11) is -3.66. The first-order valence-electron chi connectivity index (χ1n) is 11.2. The highest BCUT2D eigenvalue weighted by atomic mass is 32.2. The summed E-state index contributed by atoms with van der Waals surface area (Å²) >= 11 is 0. The van der Waals surface area contributed by atoms with Crippen LogP contribution < -0.4 is 14.4 Å². The normalized spacial score (nSPS) is 13.0. The van der Waals surface area contributed by atoms with Crippen molar-refractivity contribution in [3.05, 3.63) is 83.4 Å². The Kier molecular flexibility index (Phi) is 6.70. The van der Waals surface area contributed by atoms with Gasteiger partial charge in [-0.3, -0.25) is 9.10 Å². The number of sulfonamides is 1. The fourth-order valence-electron chi connectivity index (χ4n) is 4.12. The molecule has 0 fully saturated rings. The van der Waals surface area contributed by atoms with E-state index in [0.717, 1.165) is 40.9 Å². The van der Waals surface area contributed by atoms with Gasteiger partial charge in [0.2, 0.25) is 0 Å². The molecule has 1 heterocycles. The Labute approximate surface area is 195 Å². The number of nitrogens with zero attached hydrogens (tertiary/aromatic N) is 1. The Bertz CT molecular complexity index is 1230. The van der Waals surface area contributed by atoms with Crippen LogP contribution in [0.3, 0.4) is 0 Å². The summed E-state index contributed by atoms with van der Waals surface area (Å²) in [4.78, 5) is 12.7. The Hall–Kier alpha value is -3.32. The van der Waals surface area contributed by atoms with E-state index in [2.05, 4.69) is 19.2 Å². The van der Waals surface area contributed by atoms with Crippen molar-refractivity contribution >= 4 is 27.3 Å². The maximum atomic E-state index is 13.1. The van der Waals surface area contributed by atoms with Gasteiger partial charge in [0.05, 0.1) is 10.6 Å².